The zero-order chi connectivity index (χ0) is 12.8. The van der Waals surface area contributed by atoms with Crippen molar-refractivity contribution in [1.29, 1.82) is 0 Å². The lowest BCUT2D eigenvalue weighted by Gasteiger charge is -2.15. The van der Waals surface area contributed by atoms with Gasteiger partial charge < -0.3 is 4.42 Å². The summed E-state index contributed by atoms with van der Waals surface area (Å²) in [6, 6.07) is 4.15. The van der Waals surface area contributed by atoms with E-state index in [9.17, 15) is 0 Å². The van der Waals surface area contributed by atoms with Crippen LogP contribution in [0.1, 0.15) is 52.1 Å². The third-order valence-electron chi connectivity index (χ3n) is 3.08. The van der Waals surface area contributed by atoms with Crippen LogP contribution in [0.4, 0.5) is 0 Å². The molecule has 0 N–H and O–H groups in total. The van der Waals surface area contributed by atoms with Gasteiger partial charge >= 0.3 is 0 Å². The van der Waals surface area contributed by atoms with Crippen molar-refractivity contribution in [2.75, 3.05) is 0 Å². The summed E-state index contributed by atoms with van der Waals surface area (Å²) in [6.45, 7) is 11.0. The molecule has 0 bridgehead atoms. The van der Waals surface area contributed by atoms with E-state index in [1.165, 1.54) is 18.4 Å². The van der Waals surface area contributed by atoms with Crippen LogP contribution in [0.15, 0.2) is 28.2 Å². The van der Waals surface area contributed by atoms with Crippen molar-refractivity contribution in [2.24, 2.45) is 11.8 Å². The normalized spacial score (nSPS) is 14.4. The Morgan fingerprint density at radius 3 is 2.47 bits per heavy atom. The molecule has 0 spiro atoms. The number of aryl methyl sites for hydroxylation is 1. The molecular weight excluding hydrogens is 208 g/mol. The van der Waals surface area contributed by atoms with E-state index in [-0.39, 0.29) is 0 Å². The lowest BCUT2D eigenvalue weighted by atomic mass is 9.91. The highest BCUT2D eigenvalue weighted by atomic mass is 16.3. The molecule has 0 aliphatic rings. The van der Waals surface area contributed by atoms with Gasteiger partial charge in [0.2, 0.25) is 0 Å². The molecule has 0 aromatic carbocycles. The molecule has 2 unspecified atom stereocenters. The summed E-state index contributed by atoms with van der Waals surface area (Å²) >= 11 is 0. The zero-order valence-electron chi connectivity index (χ0n) is 11.9. The van der Waals surface area contributed by atoms with E-state index < -0.39 is 0 Å². The van der Waals surface area contributed by atoms with Gasteiger partial charge in [-0.25, -0.2) is 0 Å². The summed E-state index contributed by atoms with van der Waals surface area (Å²) < 4.78 is 5.62. The standard InChI is InChI=1S/C16H26O/c1-12(2)6-7-13(3)10-14(4)11-16-9-8-15(5)17-16/h6,8-9,13-14H,7,10-11H2,1-5H3. The predicted molar refractivity (Wildman–Crippen MR) is 74.1 cm³/mol. The van der Waals surface area contributed by atoms with Crippen LogP contribution in [0.25, 0.3) is 0 Å². The Balaban J connectivity index is 2.34. The number of hydrogen-bond acceptors (Lipinski definition) is 1. The SMILES string of the molecule is CC(C)=CCC(C)CC(C)Cc1ccc(C)o1. The van der Waals surface area contributed by atoms with Gasteiger partial charge in [-0.15, -0.1) is 0 Å². The van der Waals surface area contributed by atoms with Crippen LogP contribution in [-0.2, 0) is 6.42 Å². The summed E-state index contributed by atoms with van der Waals surface area (Å²) in [5.41, 5.74) is 1.42. The van der Waals surface area contributed by atoms with Crippen molar-refractivity contribution in [2.45, 2.75) is 53.9 Å². The van der Waals surface area contributed by atoms with Gasteiger partial charge in [0.25, 0.3) is 0 Å². The molecule has 96 valence electrons. The molecule has 1 heterocycles. The highest BCUT2D eigenvalue weighted by molar-refractivity contribution is 5.06. The Hall–Kier alpha value is -0.980. The van der Waals surface area contributed by atoms with Gasteiger partial charge in [-0.2, -0.15) is 0 Å². The molecular formula is C16H26O. The lowest BCUT2D eigenvalue weighted by molar-refractivity contribution is 0.379. The van der Waals surface area contributed by atoms with Crippen LogP contribution < -0.4 is 0 Å². The molecule has 0 aliphatic heterocycles. The summed E-state index contributed by atoms with van der Waals surface area (Å²) in [6.07, 6.45) is 5.87. The van der Waals surface area contributed by atoms with Crippen molar-refractivity contribution >= 4 is 0 Å². The highest BCUT2D eigenvalue weighted by Gasteiger charge is 2.10. The summed E-state index contributed by atoms with van der Waals surface area (Å²) in [5, 5.41) is 0. The first-order chi connectivity index (χ1) is 7.97. The number of hydrogen-bond donors (Lipinski definition) is 0. The molecule has 0 amide bonds. The van der Waals surface area contributed by atoms with Gasteiger partial charge in [0.05, 0.1) is 0 Å². The second-order valence-corrected chi connectivity index (χ2v) is 5.68. The Bertz CT molecular complexity index is 355. The topological polar surface area (TPSA) is 13.1 Å². The molecule has 0 saturated heterocycles. The summed E-state index contributed by atoms with van der Waals surface area (Å²) in [5.74, 6) is 3.60. The Morgan fingerprint density at radius 2 is 1.94 bits per heavy atom. The quantitative estimate of drug-likeness (QED) is 0.620. The molecule has 0 aliphatic carbocycles. The fraction of sp³-hybridized carbons (Fsp3) is 0.625. The minimum absolute atomic E-state index is 0.695. The van der Waals surface area contributed by atoms with E-state index in [4.69, 9.17) is 4.42 Å². The molecule has 1 heteroatoms. The van der Waals surface area contributed by atoms with Gasteiger partial charge in [0.15, 0.2) is 0 Å². The van der Waals surface area contributed by atoms with Gasteiger partial charge in [-0.05, 0) is 57.6 Å². The molecule has 1 aromatic heterocycles. The second kappa shape index (κ2) is 6.68. The van der Waals surface area contributed by atoms with Crippen LogP contribution in [-0.4, -0.2) is 0 Å². The van der Waals surface area contributed by atoms with E-state index in [1.54, 1.807) is 0 Å². The minimum atomic E-state index is 0.695. The third kappa shape index (κ3) is 5.76. The minimum Gasteiger partial charge on any atom is -0.466 e. The van der Waals surface area contributed by atoms with E-state index in [1.807, 2.05) is 6.92 Å². The maximum atomic E-state index is 5.62. The Kier molecular flexibility index (Phi) is 5.54. The van der Waals surface area contributed by atoms with E-state index >= 15 is 0 Å². The number of allylic oxidation sites excluding steroid dienone is 2. The van der Waals surface area contributed by atoms with Crippen LogP contribution in [0.3, 0.4) is 0 Å². The van der Waals surface area contributed by atoms with Crippen molar-refractivity contribution in [3.05, 3.63) is 35.3 Å². The van der Waals surface area contributed by atoms with Gasteiger partial charge in [0.1, 0.15) is 11.5 Å². The second-order valence-electron chi connectivity index (χ2n) is 5.68. The number of furan rings is 1. The van der Waals surface area contributed by atoms with Gasteiger partial charge in [0, 0.05) is 6.42 Å². The average molecular weight is 234 g/mol. The van der Waals surface area contributed by atoms with Crippen molar-refractivity contribution in [1.82, 2.24) is 0 Å². The van der Waals surface area contributed by atoms with Crippen LogP contribution in [0.2, 0.25) is 0 Å². The van der Waals surface area contributed by atoms with Crippen LogP contribution in [0, 0.1) is 18.8 Å². The Morgan fingerprint density at radius 1 is 1.24 bits per heavy atom. The van der Waals surface area contributed by atoms with Gasteiger partial charge in [-0.1, -0.05) is 25.5 Å². The van der Waals surface area contributed by atoms with E-state index in [0.717, 1.165) is 23.9 Å². The maximum absolute atomic E-state index is 5.62. The molecule has 1 aromatic rings. The van der Waals surface area contributed by atoms with Crippen molar-refractivity contribution < 1.29 is 4.42 Å². The summed E-state index contributed by atoms with van der Waals surface area (Å²) in [4.78, 5) is 0. The smallest absolute Gasteiger partial charge is 0.104 e. The van der Waals surface area contributed by atoms with Crippen molar-refractivity contribution in [3.8, 4) is 0 Å². The van der Waals surface area contributed by atoms with Crippen LogP contribution in [0.5, 0.6) is 0 Å². The predicted octanol–water partition coefficient (Wildman–Crippen LogP) is 5.15. The first kappa shape index (κ1) is 14.1. The fourth-order valence-corrected chi connectivity index (χ4v) is 2.24. The monoisotopic (exact) mass is 234 g/mol. The fourth-order valence-electron chi connectivity index (χ4n) is 2.24. The maximum Gasteiger partial charge on any atom is 0.104 e. The molecule has 17 heavy (non-hydrogen) atoms. The van der Waals surface area contributed by atoms with E-state index in [2.05, 4.69) is 45.9 Å². The number of rotatable bonds is 6. The molecule has 2 atom stereocenters. The van der Waals surface area contributed by atoms with Crippen LogP contribution >= 0.6 is 0 Å². The molecule has 1 nitrogen and oxygen atoms in total. The van der Waals surface area contributed by atoms with Crippen molar-refractivity contribution in [3.63, 3.8) is 0 Å². The average Bonchev–Trinajstić information content (AvgIpc) is 2.60. The molecule has 1 rings (SSSR count). The zero-order valence-corrected chi connectivity index (χ0v) is 11.9. The highest BCUT2D eigenvalue weighted by Crippen LogP contribution is 2.21. The first-order valence-electron chi connectivity index (χ1n) is 6.66. The summed E-state index contributed by atoms with van der Waals surface area (Å²) in [7, 11) is 0. The Labute approximate surface area is 106 Å². The molecule has 0 saturated carbocycles. The largest absolute Gasteiger partial charge is 0.466 e. The lowest BCUT2D eigenvalue weighted by Crippen LogP contribution is -2.05. The first-order valence-corrected chi connectivity index (χ1v) is 6.66. The van der Waals surface area contributed by atoms with E-state index in [0.29, 0.717) is 5.92 Å². The molecule has 0 radical (unpaired) electrons. The van der Waals surface area contributed by atoms with Gasteiger partial charge in [-0.3, -0.25) is 0 Å². The third-order valence-corrected chi connectivity index (χ3v) is 3.08. The molecule has 0 fully saturated rings.